The Bertz CT molecular complexity index is 634. The molecule has 0 radical (unpaired) electrons. The van der Waals surface area contributed by atoms with Gasteiger partial charge >= 0.3 is 0 Å². The van der Waals surface area contributed by atoms with E-state index in [1.807, 2.05) is 0 Å². The number of ether oxygens (including phenoxy) is 1. The molecule has 4 rings (SSSR count). The molecule has 0 bridgehead atoms. The second kappa shape index (κ2) is 5.10. The third-order valence-electron chi connectivity index (χ3n) is 5.02. The average Bonchev–Trinajstić information content (AvgIpc) is 2.99. The second-order valence-electron chi connectivity index (χ2n) is 6.09. The number of benzene rings is 2. The molecule has 2 heteroatoms. The highest BCUT2D eigenvalue weighted by Gasteiger charge is 2.37. The number of aryl methyl sites for hydroxylation is 1. The van der Waals surface area contributed by atoms with Crippen molar-refractivity contribution in [2.75, 3.05) is 12.0 Å². The van der Waals surface area contributed by atoms with E-state index in [2.05, 4.69) is 53.4 Å². The van der Waals surface area contributed by atoms with Crippen molar-refractivity contribution in [3.63, 3.8) is 0 Å². The molecule has 2 aliphatic rings. The van der Waals surface area contributed by atoms with E-state index in [1.54, 1.807) is 7.11 Å². The summed E-state index contributed by atoms with van der Waals surface area (Å²) >= 11 is 0. The molecule has 2 atom stereocenters. The maximum Gasteiger partial charge on any atom is 0.118 e. The number of hydrogen-bond acceptors (Lipinski definition) is 2. The molecule has 0 aromatic heterocycles. The molecule has 2 nitrogen and oxygen atoms in total. The summed E-state index contributed by atoms with van der Waals surface area (Å²) in [7, 11) is 1.72. The first-order valence-electron chi connectivity index (χ1n) is 7.87. The van der Waals surface area contributed by atoms with E-state index >= 15 is 0 Å². The van der Waals surface area contributed by atoms with E-state index in [0.717, 1.165) is 5.75 Å². The van der Waals surface area contributed by atoms with Gasteiger partial charge in [-0.05, 0) is 55.0 Å². The van der Waals surface area contributed by atoms with Gasteiger partial charge in [0.05, 0.1) is 13.2 Å². The lowest BCUT2D eigenvalue weighted by Gasteiger charge is -2.38. The second-order valence-corrected chi connectivity index (χ2v) is 6.09. The normalized spacial score (nSPS) is 23.6. The van der Waals surface area contributed by atoms with Crippen LogP contribution in [0, 0.1) is 0 Å². The van der Waals surface area contributed by atoms with Crippen molar-refractivity contribution < 1.29 is 4.74 Å². The minimum absolute atomic E-state index is 0.516. The van der Waals surface area contributed by atoms with Crippen molar-refractivity contribution in [2.45, 2.75) is 37.8 Å². The summed E-state index contributed by atoms with van der Waals surface area (Å²) in [6, 6.07) is 18.8. The third kappa shape index (κ3) is 2.10. The van der Waals surface area contributed by atoms with Gasteiger partial charge in [0.15, 0.2) is 0 Å². The Balaban J connectivity index is 1.71. The monoisotopic (exact) mass is 279 g/mol. The number of rotatable bonds is 2. The van der Waals surface area contributed by atoms with Crippen molar-refractivity contribution >= 4 is 5.69 Å². The summed E-state index contributed by atoms with van der Waals surface area (Å²) in [5.41, 5.74) is 4.37. The van der Waals surface area contributed by atoms with Crippen molar-refractivity contribution in [2.24, 2.45) is 0 Å². The van der Waals surface area contributed by atoms with E-state index in [4.69, 9.17) is 4.74 Å². The van der Waals surface area contributed by atoms with Crippen LogP contribution < -0.4 is 9.64 Å². The molecule has 2 heterocycles. The maximum absolute atomic E-state index is 5.28. The number of fused-ring (bicyclic) bond motifs is 3. The Hall–Kier alpha value is -1.96. The van der Waals surface area contributed by atoms with Crippen LogP contribution in [0.5, 0.6) is 5.75 Å². The van der Waals surface area contributed by atoms with Gasteiger partial charge in [-0.1, -0.05) is 30.3 Å². The van der Waals surface area contributed by atoms with Crippen molar-refractivity contribution in [3.8, 4) is 5.75 Å². The molecule has 0 spiro atoms. The summed E-state index contributed by atoms with van der Waals surface area (Å²) in [5, 5.41) is 0. The van der Waals surface area contributed by atoms with Gasteiger partial charge in [0.25, 0.3) is 0 Å². The lowest BCUT2D eigenvalue weighted by atomic mass is 9.96. The van der Waals surface area contributed by atoms with Crippen LogP contribution in [-0.4, -0.2) is 13.2 Å². The Morgan fingerprint density at radius 3 is 2.57 bits per heavy atom. The summed E-state index contributed by atoms with van der Waals surface area (Å²) in [4.78, 5) is 2.67. The lowest BCUT2D eigenvalue weighted by molar-refractivity contribution is 0.414. The van der Waals surface area contributed by atoms with Gasteiger partial charge in [0, 0.05) is 11.7 Å². The molecular weight excluding hydrogens is 258 g/mol. The topological polar surface area (TPSA) is 12.5 Å². The summed E-state index contributed by atoms with van der Waals surface area (Å²) < 4.78 is 5.28. The van der Waals surface area contributed by atoms with Gasteiger partial charge in [-0.3, -0.25) is 0 Å². The number of methoxy groups -OCH3 is 1. The Labute approximate surface area is 126 Å². The van der Waals surface area contributed by atoms with E-state index < -0.39 is 0 Å². The van der Waals surface area contributed by atoms with Crippen LogP contribution in [0.25, 0.3) is 0 Å². The highest BCUT2D eigenvalue weighted by molar-refractivity contribution is 5.59. The molecule has 21 heavy (non-hydrogen) atoms. The van der Waals surface area contributed by atoms with E-state index in [1.165, 1.54) is 42.5 Å². The zero-order valence-corrected chi connectivity index (χ0v) is 12.5. The Morgan fingerprint density at radius 1 is 0.952 bits per heavy atom. The van der Waals surface area contributed by atoms with Gasteiger partial charge < -0.3 is 9.64 Å². The largest absolute Gasteiger partial charge is 0.497 e. The number of hydrogen-bond donors (Lipinski definition) is 0. The minimum Gasteiger partial charge on any atom is -0.497 e. The Kier molecular flexibility index (Phi) is 3.10. The first-order chi connectivity index (χ1) is 10.4. The summed E-state index contributed by atoms with van der Waals surface area (Å²) in [5.74, 6) is 0.937. The first kappa shape index (κ1) is 12.8. The number of anilines is 1. The van der Waals surface area contributed by atoms with E-state index in [0.29, 0.717) is 12.1 Å². The third-order valence-corrected chi connectivity index (χ3v) is 5.02. The molecule has 108 valence electrons. The Morgan fingerprint density at radius 2 is 1.76 bits per heavy atom. The minimum atomic E-state index is 0.516. The fraction of sp³-hybridized carbons (Fsp3) is 0.368. The smallest absolute Gasteiger partial charge is 0.118 e. The zero-order valence-electron chi connectivity index (χ0n) is 12.5. The average molecular weight is 279 g/mol. The van der Waals surface area contributed by atoms with Crippen LogP contribution >= 0.6 is 0 Å². The van der Waals surface area contributed by atoms with Crippen LogP contribution in [0.1, 0.15) is 36.4 Å². The molecule has 0 N–H and O–H groups in total. The molecule has 0 amide bonds. The van der Waals surface area contributed by atoms with Gasteiger partial charge in [-0.15, -0.1) is 0 Å². The molecule has 2 aromatic carbocycles. The molecule has 2 aliphatic heterocycles. The van der Waals surface area contributed by atoms with E-state index in [9.17, 15) is 0 Å². The highest BCUT2D eigenvalue weighted by atomic mass is 16.5. The van der Waals surface area contributed by atoms with Crippen molar-refractivity contribution in [3.05, 3.63) is 59.7 Å². The van der Waals surface area contributed by atoms with Crippen LogP contribution in [0.15, 0.2) is 48.5 Å². The van der Waals surface area contributed by atoms with Crippen LogP contribution in [-0.2, 0) is 6.42 Å². The van der Waals surface area contributed by atoms with Crippen molar-refractivity contribution in [1.29, 1.82) is 0 Å². The van der Waals surface area contributed by atoms with Gasteiger partial charge in [0.1, 0.15) is 5.75 Å². The predicted octanol–water partition coefficient (Wildman–Crippen LogP) is 4.35. The molecule has 0 saturated carbocycles. The molecule has 0 unspecified atom stereocenters. The fourth-order valence-corrected chi connectivity index (χ4v) is 3.98. The summed E-state index contributed by atoms with van der Waals surface area (Å²) in [6.45, 7) is 0. The molecular formula is C19H21NO. The van der Waals surface area contributed by atoms with E-state index in [-0.39, 0.29) is 0 Å². The maximum atomic E-state index is 5.28. The van der Waals surface area contributed by atoms with Gasteiger partial charge in [0.2, 0.25) is 0 Å². The van der Waals surface area contributed by atoms with Gasteiger partial charge in [-0.2, -0.15) is 0 Å². The predicted molar refractivity (Wildman–Crippen MR) is 86.0 cm³/mol. The van der Waals surface area contributed by atoms with Crippen LogP contribution in [0.2, 0.25) is 0 Å². The van der Waals surface area contributed by atoms with Crippen LogP contribution in [0.3, 0.4) is 0 Å². The van der Waals surface area contributed by atoms with Crippen molar-refractivity contribution in [1.82, 2.24) is 0 Å². The molecule has 0 aliphatic carbocycles. The molecule has 1 fully saturated rings. The van der Waals surface area contributed by atoms with Gasteiger partial charge in [-0.25, -0.2) is 0 Å². The highest BCUT2D eigenvalue weighted by Crippen LogP contribution is 2.45. The quantitative estimate of drug-likeness (QED) is 0.810. The number of para-hydroxylation sites is 1. The molecule has 1 saturated heterocycles. The number of nitrogens with zero attached hydrogens (tertiary/aromatic N) is 1. The summed E-state index contributed by atoms with van der Waals surface area (Å²) in [6.07, 6.45) is 5.09. The van der Waals surface area contributed by atoms with Crippen LogP contribution in [0.4, 0.5) is 5.69 Å². The molecule has 2 aromatic rings. The standard InChI is InChI=1S/C19H21NO/c1-21-17-11-7-15(8-12-17)19-13-10-16-9-6-14-4-2-3-5-18(14)20(16)19/h2-5,7-8,11-12,16,19H,6,9-10,13H2,1H3/t16-,19-/m0/s1. The zero-order chi connectivity index (χ0) is 14.2. The lowest BCUT2D eigenvalue weighted by Crippen LogP contribution is -2.35. The SMILES string of the molecule is COc1ccc([C@@H]2CC[C@@H]3CCc4ccccc4N32)cc1. The first-order valence-corrected chi connectivity index (χ1v) is 7.87. The fourth-order valence-electron chi connectivity index (χ4n) is 3.98.